The number of carbonyl (C=O) groups excluding carboxylic acids is 4. The molecule has 2 aliphatic heterocycles. The quantitative estimate of drug-likeness (QED) is 0.737. The molecule has 1 aromatic rings. The average molecular weight is 334 g/mol. The van der Waals surface area contributed by atoms with Crippen LogP contribution >= 0.6 is 11.8 Å². The number of hydrogen-bond acceptors (Lipinski definition) is 6. The number of carbonyl (C=O) groups is 4. The molecule has 1 unspecified atom stereocenters. The van der Waals surface area contributed by atoms with Gasteiger partial charge in [0.2, 0.25) is 11.8 Å². The van der Waals surface area contributed by atoms with Gasteiger partial charge in [0.05, 0.1) is 17.0 Å². The fourth-order valence-corrected chi connectivity index (χ4v) is 3.12. The predicted octanol–water partition coefficient (Wildman–Crippen LogP) is 0.00300. The van der Waals surface area contributed by atoms with E-state index in [-0.39, 0.29) is 30.2 Å². The smallest absolute Gasteiger partial charge is 0.253 e. The first-order chi connectivity index (χ1) is 11.0. The van der Waals surface area contributed by atoms with Crippen LogP contribution in [0, 0.1) is 0 Å². The monoisotopic (exact) mass is 334 g/mol. The van der Waals surface area contributed by atoms with Crippen molar-refractivity contribution >= 4 is 41.1 Å². The molecule has 4 amide bonds. The fourth-order valence-electron chi connectivity index (χ4n) is 2.39. The number of piperidine rings is 1. The SMILES string of the molecule is CN1C(=O)CCC(NC(=O)c2cnc3c(c2)NC(=O)CS3)C1=O. The Labute approximate surface area is 136 Å². The van der Waals surface area contributed by atoms with Crippen LogP contribution in [0.4, 0.5) is 5.69 Å². The summed E-state index contributed by atoms with van der Waals surface area (Å²) >= 11 is 1.30. The molecule has 0 spiro atoms. The van der Waals surface area contributed by atoms with Crippen molar-refractivity contribution in [3.63, 3.8) is 0 Å². The number of imide groups is 1. The number of amides is 4. The highest BCUT2D eigenvalue weighted by molar-refractivity contribution is 8.00. The lowest BCUT2D eigenvalue weighted by Crippen LogP contribution is -2.52. The van der Waals surface area contributed by atoms with Gasteiger partial charge in [-0.05, 0) is 12.5 Å². The molecule has 0 radical (unpaired) electrons. The second kappa shape index (κ2) is 5.99. The van der Waals surface area contributed by atoms with Gasteiger partial charge < -0.3 is 10.6 Å². The van der Waals surface area contributed by atoms with Gasteiger partial charge in [0, 0.05) is 19.7 Å². The number of hydrogen-bond donors (Lipinski definition) is 2. The second-order valence-electron chi connectivity index (χ2n) is 5.27. The number of fused-ring (bicyclic) bond motifs is 1. The summed E-state index contributed by atoms with van der Waals surface area (Å²) in [6.45, 7) is 0. The number of thioether (sulfide) groups is 1. The lowest BCUT2D eigenvalue weighted by Gasteiger charge is -2.28. The highest BCUT2D eigenvalue weighted by Gasteiger charge is 2.33. The first-order valence-electron chi connectivity index (χ1n) is 6.99. The van der Waals surface area contributed by atoms with E-state index < -0.39 is 17.9 Å². The topological polar surface area (TPSA) is 108 Å². The maximum atomic E-state index is 12.3. The lowest BCUT2D eigenvalue weighted by atomic mass is 10.0. The summed E-state index contributed by atoms with van der Waals surface area (Å²) in [5, 5.41) is 5.92. The van der Waals surface area contributed by atoms with Crippen molar-refractivity contribution in [3.8, 4) is 0 Å². The van der Waals surface area contributed by atoms with E-state index in [1.165, 1.54) is 31.1 Å². The minimum atomic E-state index is -0.731. The van der Waals surface area contributed by atoms with Gasteiger partial charge in [-0.15, -0.1) is 0 Å². The number of anilines is 1. The highest BCUT2D eigenvalue weighted by Crippen LogP contribution is 2.29. The van der Waals surface area contributed by atoms with E-state index in [0.717, 1.165) is 4.90 Å². The van der Waals surface area contributed by atoms with Crippen molar-refractivity contribution in [1.82, 2.24) is 15.2 Å². The summed E-state index contributed by atoms with van der Waals surface area (Å²) in [5.74, 6) is -1.00. The van der Waals surface area contributed by atoms with Gasteiger partial charge >= 0.3 is 0 Å². The van der Waals surface area contributed by atoms with Crippen LogP contribution < -0.4 is 10.6 Å². The van der Waals surface area contributed by atoms with E-state index in [4.69, 9.17) is 0 Å². The molecule has 3 heterocycles. The van der Waals surface area contributed by atoms with Crippen LogP contribution in [-0.4, -0.2) is 52.4 Å². The summed E-state index contributed by atoms with van der Waals surface area (Å²) in [6, 6.07) is 0.800. The third kappa shape index (κ3) is 3.04. The lowest BCUT2D eigenvalue weighted by molar-refractivity contribution is -0.147. The van der Waals surface area contributed by atoms with E-state index in [1.807, 2.05) is 0 Å². The molecule has 1 fully saturated rings. The van der Waals surface area contributed by atoms with Crippen molar-refractivity contribution in [2.45, 2.75) is 23.9 Å². The fraction of sp³-hybridized carbons (Fsp3) is 0.357. The Balaban J connectivity index is 1.74. The van der Waals surface area contributed by atoms with Crippen LogP contribution in [0.1, 0.15) is 23.2 Å². The molecule has 3 rings (SSSR count). The standard InChI is InChI=1S/C14H14N4O4S/c1-18-11(20)3-2-8(14(18)22)17-12(21)7-4-9-13(15-5-7)23-6-10(19)16-9/h4-5,8H,2-3,6H2,1H3,(H,16,19)(H,17,21). The molecule has 8 nitrogen and oxygen atoms in total. The largest absolute Gasteiger partial charge is 0.340 e. The molecule has 0 aliphatic carbocycles. The number of nitrogens with one attached hydrogen (secondary N) is 2. The Morgan fingerprint density at radius 3 is 3.00 bits per heavy atom. The Morgan fingerprint density at radius 2 is 2.22 bits per heavy atom. The molecule has 9 heteroatoms. The van der Waals surface area contributed by atoms with Gasteiger partial charge in [0.15, 0.2) is 0 Å². The van der Waals surface area contributed by atoms with Crippen molar-refractivity contribution in [2.24, 2.45) is 0 Å². The Kier molecular flexibility index (Phi) is 4.03. The van der Waals surface area contributed by atoms with Gasteiger partial charge in [-0.25, -0.2) is 4.98 Å². The summed E-state index contributed by atoms with van der Waals surface area (Å²) < 4.78 is 0. The van der Waals surface area contributed by atoms with Crippen LogP contribution in [0.15, 0.2) is 17.3 Å². The number of likely N-dealkylation sites (N-methyl/N-ethyl adjacent to an activating group) is 1. The van der Waals surface area contributed by atoms with E-state index in [2.05, 4.69) is 15.6 Å². The van der Waals surface area contributed by atoms with Crippen LogP contribution in [-0.2, 0) is 14.4 Å². The molecule has 1 saturated heterocycles. The van der Waals surface area contributed by atoms with Gasteiger partial charge in [-0.3, -0.25) is 24.1 Å². The number of aromatic nitrogens is 1. The first kappa shape index (κ1) is 15.5. The zero-order valence-corrected chi connectivity index (χ0v) is 13.1. The summed E-state index contributed by atoms with van der Waals surface area (Å²) in [5.41, 5.74) is 0.736. The normalized spacial score (nSPS) is 20.8. The van der Waals surface area contributed by atoms with E-state index >= 15 is 0 Å². The summed E-state index contributed by atoms with van der Waals surface area (Å²) in [4.78, 5) is 52.3. The van der Waals surface area contributed by atoms with E-state index in [9.17, 15) is 19.2 Å². The Hall–Kier alpha value is -2.42. The average Bonchev–Trinajstić information content (AvgIpc) is 2.54. The Bertz CT molecular complexity index is 721. The number of rotatable bonds is 2. The molecular weight excluding hydrogens is 320 g/mol. The minimum absolute atomic E-state index is 0.149. The summed E-state index contributed by atoms with van der Waals surface area (Å²) in [6.07, 6.45) is 1.89. The van der Waals surface area contributed by atoms with Crippen LogP contribution in [0.25, 0.3) is 0 Å². The number of pyridine rings is 1. The first-order valence-corrected chi connectivity index (χ1v) is 7.98. The van der Waals surface area contributed by atoms with Crippen LogP contribution in [0.5, 0.6) is 0 Å². The zero-order chi connectivity index (χ0) is 16.6. The summed E-state index contributed by atoms with van der Waals surface area (Å²) in [7, 11) is 1.40. The third-order valence-corrected chi connectivity index (χ3v) is 4.69. The minimum Gasteiger partial charge on any atom is -0.340 e. The van der Waals surface area contributed by atoms with Gasteiger partial charge in [-0.1, -0.05) is 11.8 Å². The predicted molar refractivity (Wildman–Crippen MR) is 81.9 cm³/mol. The Morgan fingerprint density at radius 1 is 1.43 bits per heavy atom. The molecule has 2 aliphatic rings. The molecule has 1 atom stereocenters. The van der Waals surface area contributed by atoms with Crippen molar-refractivity contribution < 1.29 is 19.2 Å². The molecule has 120 valence electrons. The van der Waals surface area contributed by atoms with Crippen molar-refractivity contribution in [1.29, 1.82) is 0 Å². The maximum absolute atomic E-state index is 12.3. The van der Waals surface area contributed by atoms with Crippen molar-refractivity contribution in [2.75, 3.05) is 18.1 Å². The molecule has 0 aromatic carbocycles. The molecule has 0 bridgehead atoms. The van der Waals surface area contributed by atoms with E-state index in [0.29, 0.717) is 16.5 Å². The highest BCUT2D eigenvalue weighted by atomic mass is 32.2. The van der Waals surface area contributed by atoms with Gasteiger partial charge in [-0.2, -0.15) is 0 Å². The van der Waals surface area contributed by atoms with Crippen LogP contribution in [0.3, 0.4) is 0 Å². The molecule has 2 N–H and O–H groups in total. The van der Waals surface area contributed by atoms with Gasteiger partial charge in [0.1, 0.15) is 11.1 Å². The molecular formula is C14H14N4O4S. The van der Waals surface area contributed by atoms with Crippen LogP contribution in [0.2, 0.25) is 0 Å². The van der Waals surface area contributed by atoms with E-state index in [1.54, 1.807) is 0 Å². The third-order valence-electron chi connectivity index (χ3n) is 3.68. The van der Waals surface area contributed by atoms with Gasteiger partial charge in [0.25, 0.3) is 11.8 Å². The maximum Gasteiger partial charge on any atom is 0.253 e. The molecule has 23 heavy (non-hydrogen) atoms. The number of nitrogens with zero attached hydrogens (tertiary/aromatic N) is 2. The number of likely N-dealkylation sites (tertiary alicyclic amines) is 1. The van der Waals surface area contributed by atoms with Crippen molar-refractivity contribution in [3.05, 3.63) is 17.8 Å². The molecule has 0 saturated carbocycles. The second-order valence-corrected chi connectivity index (χ2v) is 6.23. The zero-order valence-electron chi connectivity index (χ0n) is 12.3. The molecule has 1 aromatic heterocycles.